The van der Waals surface area contributed by atoms with Crippen molar-refractivity contribution in [2.45, 2.75) is 531 Å². The molecule has 2 nitrogen and oxygen atoms in total. The van der Waals surface area contributed by atoms with Crippen LogP contribution in [0, 0.1) is 13.8 Å². The van der Waals surface area contributed by atoms with Crippen LogP contribution in [0.15, 0.2) is 47.5 Å². The fraction of sp³-hybridized carbons (Fsp3) is 0.820. The molecule has 0 radical (unpaired) electrons. The first-order valence-electron chi connectivity index (χ1n) is 47.1. The molecule has 3 heteroatoms. The average molecular weight is 1520 g/mol. The van der Waals surface area contributed by atoms with Crippen molar-refractivity contribution in [2.75, 3.05) is 0 Å². The maximum absolute atomic E-state index is 12.4. The van der Waals surface area contributed by atoms with E-state index < -0.39 is 0 Å². The van der Waals surface area contributed by atoms with Crippen LogP contribution in [0.1, 0.15) is 538 Å². The van der Waals surface area contributed by atoms with E-state index >= 15 is 0 Å². The van der Waals surface area contributed by atoms with Gasteiger partial charge in [0.15, 0.2) is 0 Å². The molecule has 0 saturated heterocycles. The molecule has 0 N–H and O–H groups in total. The summed E-state index contributed by atoms with van der Waals surface area (Å²) in [7, 11) is 0. The minimum Gasteiger partial charge on any atom is -0.493 e. The van der Waals surface area contributed by atoms with Gasteiger partial charge in [0, 0.05) is 22.3 Å². The van der Waals surface area contributed by atoms with Gasteiger partial charge in [-0.05, 0) is 117 Å². The van der Waals surface area contributed by atoms with Crippen molar-refractivity contribution in [3.8, 4) is 0 Å². The Morgan fingerprint density at radius 3 is 0.573 bits per heavy atom. The Balaban J connectivity index is 0.00000163. The molecule has 2 aromatic carbocycles. The second kappa shape index (κ2) is 79.7. The second-order valence-corrected chi connectivity index (χ2v) is 32.7. The second-order valence-electron chi connectivity index (χ2n) is 32.7. The van der Waals surface area contributed by atoms with E-state index in [0.717, 1.165) is 75.6 Å². The summed E-state index contributed by atoms with van der Waals surface area (Å²) in [5.74, 6) is 0. The zero-order chi connectivity index (χ0) is 73.9. The Bertz CT molecular complexity index is 2000. The van der Waals surface area contributed by atoms with Crippen LogP contribution in [-0.2, 0) is 46.1 Å². The molecule has 0 atom stereocenters. The van der Waals surface area contributed by atoms with Gasteiger partial charge in [-0.3, -0.25) is 0 Å². The third kappa shape index (κ3) is 58.8. The number of benzene rings is 2. The predicted molar refractivity (Wildman–Crippen MR) is 464 cm³/mol. The number of hydrogen-bond donors (Lipinski definition) is 0. The molecule has 0 saturated carbocycles. The van der Waals surface area contributed by atoms with Crippen molar-refractivity contribution in [2.24, 2.45) is 0 Å². The molecule has 2 aromatic rings. The van der Waals surface area contributed by atoms with Crippen molar-refractivity contribution in [3.05, 3.63) is 100 Å². The largest absolute Gasteiger partial charge is 2.00 e. The van der Waals surface area contributed by atoms with E-state index in [4.69, 9.17) is 0 Å². The van der Waals surface area contributed by atoms with Crippen LogP contribution in [0.4, 0.5) is 0 Å². The molecule has 0 unspecified atom stereocenters. The summed E-state index contributed by atoms with van der Waals surface area (Å²) in [4.78, 5) is 0. The summed E-state index contributed by atoms with van der Waals surface area (Å²) in [6.45, 7) is 26.2. The van der Waals surface area contributed by atoms with Gasteiger partial charge in [-0.1, -0.05) is 459 Å². The number of allylic oxidation sites excluding steroid dienone is 2. The van der Waals surface area contributed by atoms with Gasteiger partial charge in [0.1, 0.15) is 0 Å². The predicted octanol–water partition coefficient (Wildman–Crippen LogP) is 36.1. The van der Waals surface area contributed by atoms with E-state index in [1.165, 1.54) is 455 Å². The Kier molecular flexibility index (Phi) is 78.3. The average Bonchev–Trinajstić information content (AvgIpc) is 1.61. The van der Waals surface area contributed by atoms with Crippen molar-refractivity contribution in [1.29, 1.82) is 0 Å². The first-order valence-corrected chi connectivity index (χ1v) is 47.1. The van der Waals surface area contributed by atoms with Gasteiger partial charge in [-0.25, -0.2) is 4.70 Å². The number of hydrogen-bond acceptors (Lipinski definition) is 0. The van der Waals surface area contributed by atoms with Crippen molar-refractivity contribution in [3.63, 3.8) is 0 Å². The van der Waals surface area contributed by atoms with Gasteiger partial charge in [-0.2, -0.15) is 12.8 Å². The van der Waals surface area contributed by atoms with Crippen LogP contribution in [0.5, 0.6) is 0 Å². The molecule has 0 amide bonds. The molecule has 103 heavy (non-hydrogen) atoms. The molecule has 3 rings (SSSR count). The molecule has 0 spiro atoms. The fourth-order valence-electron chi connectivity index (χ4n) is 15.9. The Morgan fingerprint density at radius 2 is 0.388 bits per heavy atom. The summed E-state index contributed by atoms with van der Waals surface area (Å²) in [6.07, 6.45) is 102. The minimum absolute atomic E-state index is 0. The SMILES string of the molecule is CCCCCCc1cc(CCCCCC)cc(C2=C(CC)C(CCCC)=C(c3cc(CCCCCC)cc(CCCCCC)c3)[N+]2=[N-])c1.[CH2-]CCCCCCCCCCCCCCCCCCCCCCCCCC.[CH2-]CCCCCCCCCCCCCCCCCCCCCCCCCC.[Pd+2]. The molecule has 0 bridgehead atoms. The maximum Gasteiger partial charge on any atom is 2.00 e. The van der Waals surface area contributed by atoms with E-state index in [1.54, 1.807) is 4.70 Å². The van der Waals surface area contributed by atoms with Crippen LogP contribution in [0.3, 0.4) is 0 Å². The Labute approximate surface area is 662 Å². The summed E-state index contributed by atoms with van der Waals surface area (Å²) in [5, 5.41) is 0. The summed E-state index contributed by atoms with van der Waals surface area (Å²) >= 11 is 0. The number of aryl methyl sites for hydroxylation is 4. The Morgan fingerprint density at radius 1 is 0.214 bits per heavy atom. The molecule has 0 aliphatic carbocycles. The molecule has 1 heterocycles. The third-order valence-corrected chi connectivity index (χ3v) is 22.6. The summed E-state index contributed by atoms with van der Waals surface area (Å²) in [5.41, 5.74) is 25.4. The fourth-order valence-corrected chi connectivity index (χ4v) is 15.9. The maximum atomic E-state index is 12.4. The molecular weight excluding hydrogens is 1340 g/mol. The van der Waals surface area contributed by atoms with Crippen molar-refractivity contribution in [1.82, 2.24) is 0 Å². The number of unbranched alkanes of at least 4 members (excludes halogenated alkanes) is 61. The first-order chi connectivity index (χ1) is 50.3. The molecular formula is C100H182N2Pd. The van der Waals surface area contributed by atoms with Crippen LogP contribution in [-0.4, -0.2) is 4.70 Å². The van der Waals surface area contributed by atoms with Gasteiger partial charge >= 0.3 is 20.4 Å². The first kappa shape index (κ1) is 101. The van der Waals surface area contributed by atoms with Gasteiger partial charge in [0.2, 0.25) is 11.4 Å². The smallest absolute Gasteiger partial charge is 0.493 e. The van der Waals surface area contributed by atoms with E-state index in [9.17, 15) is 5.53 Å². The van der Waals surface area contributed by atoms with Crippen LogP contribution in [0.2, 0.25) is 0 Å². The molecule has 1 aliphatic heterocycles. The zero-order valence-corrected chi connectivity index (χ0v) is 73.0. The molecule has 0 aromatic heterocycles. The number of rotatable bonds is 74. The van der Waals surface area contributed by atoms with Crippen molar-refractivity contribution < 1.29 is 25.1 Å². The zero-order valence-electron chi connectivity index (χ0n) is 71.4. The Hall–Kier alpha value is -1.82. The van der Waals surface area contributed by atoms with E-state index in [-0.39, 0.29) is 20.4 Å². The quantitative estimate of drug-likeness (QED) is 0.0273. The topological polar surface area (TPSA) is 25.3 Å². The number of nitrogens with zero attached hydrogens (tertiary/aromatic N) is 2. The third-order valence-electron chi connectivity index (χ3n) is 22.6. The summed E-state index contributed by atoms with van der Waals surface area (Å²) < 4.78 is 1.64. The van der Waals surface area contributed by atoms with Gasteiger partial charge in [0.25, 0.3) is 0 Å². The molecule has 0 fully saturated rings. The van der Waals surface area contributed by atoms with E-state index in [2.05, 4.69) is 106 Å². The molecule has 602 valence electrons. The molecule has 1 aliphatic rings. The standard InChI is InChI=1S/C46H72N2.2C27H55.Pd/c1-7-13-18-22-26-37-31-38(27-23-19-14-8-2)34-41(33-37)45-43(12-6)44(30-17-11-5)46(48(45)47)42-35-39(28-24-20-15-9-3)32-40(36-42)29-25-21-16-10-4;2*1-3-5-7-9-11-13-15-17-19-21-23-25-27-26-24-22-20-18-16-14-12-10-8-6-4-2;/h31-36H,7-30H2,1-6H3;2*1,3-27H2,2H3;/q;2*-1;+2. The van der Waals surface area contributed by atoms with E-state index in [0.29, 0.717) is 0 Å². The van der Waals surface area contributed by atoms with Crippen LogP contribution in [0.25, 0.3) is 16.9 Å². The summed E-state index contributed by atoms with van der Waals surface area (Å²) in [6, 6.07) is 14.6. The van der Waals surface area contributed by atoms with E-state index in [1.807, 2.05) is 0 Å². The van der Waals surface area contributed by atoms with Gasteiger partial charge in [0.05, 0.1) is 0 Å². The van der Waals surface area contributed by atoms with Gasteiger partial charge < -0.3 is 19.4 Å². The van der Waals surface area contributed by atoms with Crippen molar-refractivity contribution >= 4 is 11.4 Å². The monoisotopic (exact) mass is 1520 g/mol. The minimum atomic E-state index is 0. The normalized spacial score (nSPS) is 12.2. The van der Waals surface area contributed by atoms with Crippen LogP contribution >= 0.6 is 0 Å². The van der Waals surface area contributed by atoms with Gasteiger partial charge in [-0.15, -0.1) is 0 Å². The van der Waals surface area contributed by atoms with Crippen LogP contribution < -0.4 is 0 Å².